The second-order valence-electron chi connectivity index (χ2n) is 10.7. The molecule has 2 aromatic rings. The Hall–Kier alpha value is -3.22. The van der Waals surface area contributed by atoms with Gasteiger partial charge >= 0.3 is 0 Å². The van der Waals surface area contributed by atoms with Gasteiger partial charge in [0.1, 0.15) is 16.7 Å². The zero-order valence-electron chi connectivity index (χ0n) is 22.0. The molecule has 5 N–H and O–H groups in total. The molecule has 13 heteroatoms. The van der Waals surface area contributed by atoms with Gasteiger partial charge in [-0.05, 0) is 49.7 Å². The molecule has 5 heterocycles. The molecule has 0 atom stereocenters. The molecule has 1 amide bonds. The topological polar surface area (TPSA) is 147 Å². The van der Waals surface area contributed by atoms with E-state index < -0.39 is 22.9 Å². The molecular weight excluding hydrogens is 554 g/mol. The molecule has 11 nitrogen and oxygen atoms in total. The summed E-state index contributed by atoms with van der Waals surface area (Å²) >= 11 is 7.99. The first-order valence-corrected chi connectivity index (χ1v) is 14.8. The highest BCUT2D eigenvalue weighted by atomic mass is 35.5. The number of nitrogens with two attached hydrogens (primary N) is 1. The van der Waals surface area contributed by atoms with E-state index in [-0.39, 0.29) is 5.02 Å². The third kappa shape index (κ3) is 5.15. The van der Waals surface area contributed by atoms with Gasteiger partial charge in [0, 0.05) is 37.6 Å². The van der Waals surface area contributed by atoms with Gasteiger partial charge in [0.25, 0.3) is 11.5 Å². The summed E-state index contributed by atoms with van der Waals surface area (Å²) in [6.45, 7) is 4.61. The normalized spacial score (nSPS) is 20.2. The molecule has 1 aromatic carbocycles. The molecule has 6 rings (SSSR count). The second-order valence-corrected chi connectivity index (χ2v) is 12.1. The number of carbonyl (C=O) groups is 1. The van der Waals surface area contributed by atoms with Gasteiger partial charge < -0.3 is 31.1 Å². The lowest BCUT2D eigenvalue weighted by Crippen LogP contribution is -2.47. The van der Waals surface area contributed by atoms with Gasteiger partial charge in [0.05, 0.1) is 23.9 Å². The number of nitrogens with zero attached hydrogens (tertiary/aromatic N) is 4. The van der Waals surface area contributed by atoms with Crippen LogP contribution < -0.4 is 21.9 Å². The van der Waals surface area contributed by atoms with Crippen molar-refractivity contribution < 1.29 is 14.6 Å². The number of aliphatic imine (C=N–C) groups is 1. The van der Waals surface area contributed by atoms with Gasteiger partial charge in [-0.3, -0.25) is 14.2 Å². The number of anilines is 1. The van der Waals surface area contributed by atoms with Gasteiger partial charge in [-0.2, -0.15) is 4.98 Å². The van der Waals surface area contributed by atoms with E-state index in [4.69, 9.17) is 27.1 Å². The molecular formula is C27H32ClN7O4S. The minimum Gasteiger partial charge on any atom is -0.493 e. The monoisotopic (exact) mass is 585 g/mol. The van der Waals surface area contributed by atoms with Crippen LogP contribution in [0.4, 0.5) is 5.69 Å². The first kappa shape index (κ1) is 27.0. The highest BCUT2D eigenvalue weighted by Crippen LogP contribution is 2.40. The van der Waals surface area contributed by atoms with Gasteiger partial charge in [0.15, 0.2) is 11.4 Å². The number of halogens is 1. The van der Waals surface area contributed by atoms with E-state index in [2.05, 4.69) is 20.5 Å². The van der Waals surface area contributed by atoms with Gasteiger partial charge in [-0.15, -0.1) is 0 Å². The minimum atomic E-state index is -0.767. The SMILES string of the molecule is NC1=C(Sc2cccc(NC(=O)c3c(O)nc4n(c3=O)CCCC4)c2Cl)NCC(N2CCC3(CCOC3)CC2)=N1. The van der Waals surface area contributed by atoms with Crippen LogP contribution in [-0.4, -0.2) is 64.1 Å². The summed E-state index contributed by atoms with van der Waals surface area (Å²) in [5.74, 6) is 0.449. The van der Waals surface area contributed by atoms with Crippen molar-refractivity contribution >= 4 is 40.8 Å². The van der Waals surface area contributed by atoms with Crippen LogP contribution in [0.1, 0.15) is 48.3 Å². The largest absolute Gasteiger partial charge is 0.493 e. The third-order valence-corrected chi connectivity index (χ3v) is 9.81. The number of benzene rings is 1. The van der Waals surface area contributed by atoms with Crippen molar-refractivity contribution in [2.24, 2.45) is 16.1 Å². The number of hydrogen-bond acceptors (Lipinski definition) is 10. The lowest BCUT2D eigenvalue weighted by atomic mass is 9.78. The number of hydrogen-bond donors (Lipinski definition) is 4. The van der Waals surface area contributed by atoms with E-state index in [9.17, 15) is 14.7 Å². The lowest BCUT2D eigenvalue weighted by molar-refractivity contribution is 0.102. The molecule has 0 aliphatic carbocycles. The number of aryl methyl sites for hydroxylation is 1. The molecule has 40 heavy (non-hydrogen) atoms. The van der Waals surface area contributed by atoms with E-state index in [1.165, 1.54) is 16.3 Å². The van der Waals surface area contributed by atoms with Crippen LogP contribution >= 0.6 is 23.4 Å². The summed E-state index contributed by atoms with van der Waals surface area (Å²) in [6.07, 6.45) is 5.61. The summed E-state index contributed by atoms with van der Waals surface area (Å²) in [5, 5.41) is 17.3. The predicted molar refractivity (Wildman–Crippen MR) is 154 cm³/mol. The summed E-state index contributed by atoms with van der Waals surface area (Å²) < 4.78 is 7.10. The van der Waals surface area contributed by atoms with Crippen molar-refractivity contribution in [3.05, 3.63) is 55.8 Å². The Kier molecular flexibility index (Phi) is 7.41. The third-order valence-electron chi connectivity index (χ3n) is 8.18. The maximum absolute atomic E-state index is 13.1. The average Bonchev–Trinajstić information content (AvgIpc) is 3.40. The number of thioether (sulfide) groups is 1. The number of likely N-dealkylation sites (tertiary alicyclic amines) is 1. The van der Waals surface area contributed by atoms with Crippen LogP contribution in [0.25, 0.3) is 0 Å². The van der Waals surface area contributed by atoms with Crippen LogP contribution in [0.15, 0.2) is 43.7 Å². The Balaban J connectivity index is 1.16. The highest BCUT2D eigenvalue weighted by Gasteiger charge is 2.39. The molecule has 1 spiro atoms. The average molecular weight is 586 g/mol. The molecule has 2 fully saturated rings. The first-order chi connectivity index (χ1) is 19.3. The Morgan fingerprint density at radius 1 is 1.23 bits per heavy atom. The Morgan fingerprint density at radius 3 is 2.80 bits per heavy atom. The fraction of sp³-hybridized carbons (Fsp3) is 0.481. The highest BCUT2D eigenvalue weighted by molar-refractivity contribution is 8.03. The van der Waals surface area contributed by atoms with Crippen molar-refractivity contribution in [2.75, 3.05) is 38.2 Å². The molecule has 2 saturated heterocycles. The van der Waals surface area contributed by atoms with Crippen molar-refractivity contribution in [2.45, 2.75) is 50.0 Å². The van der Waals surface area contributed by atoms with Crippen molar-refractivity contribution in [1.29, 1.82) is 0 Å². The molecule has 4 aliphatic heterocycles. The van der Waals surface area contributed by atoms with E-state index in [0.717, 1.165) is 64.2 Å². The predicted octanol–water partition coefficient (Wildman–Crippen LogP) is 2.87. The van der Waals surface area contributed by atoms with Gasteiger partial charge in [-0.25, -0.2) is 4.99 Å². The second kappa shape index (κ2) is 11.0. The van der Waals surface area contributed by atoms with E-state index in [1.54, 1.807) is 12.1 Å². The van der Waals surface area contributed by atoms with Crippen LogP contribution in [0, 0.1) is 5.41 Å². The molecule has 0 radical (unpaired) electrons. The number of ether oxygens (including phenoxy) is 1. The number of piperidine rings is 1. The molecule has 1 aromatic heterocycles. The summed E-state index contributed by atoms with van der Waals surface area (Å²) in [7, 11) is 0. The van der Waals surface area contributed by atoms with Crippen LogP contribution in [0.3, 0.4) is 0 Å². The lowest BCUT2D eigenvalue weighted by Gasteiger charge is -2.40. The number of fused-ring (bicyclic) bond motifs is 1. The van der Waals surface area contributed by atoms with E-state index in [1.807, 2.05) is 6.07 Å². The minimum absolute atomic E-state index is 0.281. The number of aromatic hydroxyl groups is 1. The number of aromatic nitrogens is 2. The number of carbonyl (C=O) groups excluding carboxylic acids is 1. The van der Waals surface area contributed by atoms with Gasteiger partial charge in [-0.1, -0.05) is 29.4 Å². The maximum Gasteiger partial charge on any atom is 0.270 e. The van der Waals surface area contributed by atoms with Crippen LogP contribution in [-0.2, 0) is 17.7 Å². The molecule has 0 saturated carbocycles. The number of amidine groups is 1. The smallest absolute Gasteiger partial charge is 0.270 e. The van der Waals surface area contributed by atoms with Crippen LogP contribution in [0.2, 0.25) is 5.02 Å². The van der Waals surface area contributed by atoms with Crippen molar-refractivity contribution in [3.8, 4) is 5.88 Å². The molecule has 0 unspecified atom stereocenters. The molecule has 212 valence electrons. The Bertz CT molecular complexity index is 1460. The van der Waals surface area contributed by atoms with E-state index >= 15 is 0 Å². The summed E-state index contributed by atoms with van der Waals surface area (Å²) in [4.78, 5) is 37.7. The first-order valence-electron chi connectivity index (χ1n) is 13.6. The quantitative estimate of drug-likeness (QED) is 0.425. The van der Waals surface area contributed by atoms with Crippen molar-refractivity contribution in [3.63, 3.8) is 0 Å². The summed E-state index contributed by atoms with van der Waals surface area (Å²) in [6, 6.07) is 5.18. The zero-order chi connectivity index (χ0) is 27.9. The Morgan fingerprint density at radius 2 is 2.05 bits per heavy atom. The fourth-order valence-corrected chi connectivity index (χ4v) is 6.92. The summed E-state index contributed by atoms with van der Waals surface area (Å²) in [5.41, 5.74) is 6.02. The van der Waals surface area contributed by atoms with Crippen LogP contribution in [0.5, 0.6) is 5.88 Å². The fourth-order valence-electron chi connectivity index (χ4n) is 5.77. The number of amides is 1. The molecule has 4 aliphatic rings. The van der Waals surface area contributed by atoms with E-state index in [0.29, 0.717) is 52.2 Å². The van der Waals surface area contributed by atoms with Gasteiger partial charge in [0.2, 0.25) is 5.88 Å². The Labute approximate surface area is 240 Å². The molecule has 0 bridgehead atoms. The zero-order valence-corrected chi connectivity index (χ0v) is 23.6. The van der Waals surface area contributed by atoms with Crippen molar-refractivity contribution in [1.82, 2.24) is 19.8 Å². The number of nitrogens with one attached hydrogen (secondary N) is 2. The standard InChI is InChI=1S/C27H32ClN7O4S/c28-21-16(31-23(36)20-24(37)33-18-6-1-2-10-35(18)26(20)38)4-3-5-17(21)40-25-22(29)32-19(14-30-25)34-11-7-27(8-12-34)9-13-39-15-27/h3-5,30,37H,1-2,6-15,29H2,(H,31,36). The maximum atomic E-state index is 13.1. The number of rotatable bonds is 4.